The van der Waals surface area contributed by atoms with Gasteiger partial charge >= 0.3 is 11.9 Å². The van der Waals surface area contributed by atoms with Crippen LogP contribution in [0.2, 0.25) is 0 Å². The third kappa shape index (κ3) is 8.54. The van der Waals surface area contributed by atoms with Crippen LogP contribution in [0.3, 0.4) is 0 Å². The van der Waals surface area contributed by atoms with E-state index in [9.17, 15) is 9.59 Å². The zero-order valence-corrected chi connectivity index (χ0v) is 22.2. The fraction of sp³-hybridized carbons (Fsp3) is 0.926. The average Bonchev–Trinajstić information content (AvgIpc) is 2.74. The van der Waals surface area contributed by atoms with Gasteiger partial charge in [-0.15, -0.1) is 0 Å². The van der Waals surface area contributed by atoms with E-state index < -0.39 is 5.41 Å². The summed E-state index contributed by atoms with van der Waals surface area (Å²) in [6.45, 7) is 16.1. The Kier molecular flexibility index (Phi) is 10.2. The van der Waals surface area contributed by atoms with E-state index in [4.69, 9.17) is 18.9 Å². The van der Waals surface area contributed by atoms with Crippen LogP contribution in [-0.2, 0) is 28.5 Å². The molecule has 0 aromatic rings. The molecule has 0 N–H and O–H groups in total. The van der Waals surface area contributed by atoms with E-state index in [0.29, 0.717) is 6.61 Å². The van der Waals surface area contributed by atoms with Gasteiger partial charge in [-0.05, 0) is 62.2 Å². The number of rotatable bonds is 9. The molecule has 1 aliphatic carbocycles. The number of ether oxygens (including phenoxy) is 4. The van der Waals surface area contributed by atoms with Gasteiger partial charge in [0.05, 0.1) is 17.9 Å². The first-order chi connectivity index (χ1) is 15.3. The first-order valence-electron chi connectivity index (χ1n) is 12.9. The fourth-order valence-electron chi connectivity index (χ4n) is 5.04. The third-order valence-corrected chi connectivity index (χ3v) is 7.40. The van der Waals surface area contributed by atoms with E-state index >= 15 is 0 Å². The molecule has 0 spiro atoms. The van der Waals surface area contributed by atoms with Gasteiger partial charge in [-0.2, -0.15) is 0 Å². The molecule has 0 aromatic carbocycles. The maximum absolute atomic E-state index is 13.0. The Morgan fingerprint density at radius 3 is 2.09 bits per heavy atom. The Balaban J connectivity index is 1.81. The van der Waals surface area contributed by atoms with Crippen molar-refractivity contribution in [3.63, 3.8) is 0 Å². The smallest absolute Gasteiger partial charge is 0.312 e. The maximum Gasteiger partial charge on any atom is 0.312 e. The summed E-state index contributed by atoms with van der Waals surface area (Å²) in [6, 6.07) is 0. The fourth-order valence-corrected chi connectivity index (χ4v) is 5.04. The van der Waals surface area contributed by atoms with Crippen molar-refractivity contribution in [2.75, 3.05) is 26.4 Å². The van der Waals surface area contributed by atoms with E-state index in [1.807, 2.05) is 6.92 Å². The summed E-state index contributed by atoms with van der Waals surface area (Å²) in [4.78, 5) is 25.8. The molecular weight excluding hydrogens is 420 g/mol. The largest absolute Gasteiger partial charge is 0.462 e. The van der Waals surface area contributed by atoms with Gasteiger partial charge in [-0.25, -0.2) is 0 Å². The van der Waals surface area contributed by atoms with Crippen LogP contribution in [0.4, 0.5) is 0 Å². The molecule has 1 heterocycles. The van der Waals surface area contributed by atoms with Crippen LogP contribution in [0.15, 0.2) is 0 Å². The standard InChI is InChI=1S/C27H48O6/c1-25(2,3)19-27(7,26(4,5)6)24(29)32-17-16-31-23(28)21-13-9-8-12-20(21)18-33-22-14-10-11-15-30-22/h20-22H,8-19H2,1-7H3. The summed E-state index contributed by atoms with van der Waals surface area (Å²) < 4.78 is 22.8. The summed E-state index contributed by atoms with van der Waals surface area (Å²) in [5, 5.41) is 0. The Morgan fingerprint density at radius 1 is 0.848 bits per heavy atom. The second-order valence-corrected chi connectivity index (χ2v) is 12.4. The topological polar surface area (TPSA) is 71.1 Å². The van der Waals surface area contributed by atoms with Gasteiger partial charge in [0.15, 0.2) is 6.29 Å². The molecule has 4 atom stereocenters. The molecule has 192 valence electrons. The molecule has 6 heteroatoms. The molecule has 0 radical (unpaired) electrons. The number of carbonyl (C=O) groups is 2. The Morgan fingerprint density at radius 2 is 1.48 bits per heavy atom. The Bertz CT molecular complexity index is 626. The van der Waals surface area contributed by atoms with E-state index in [2.05, 4.69) is 41.5 Å². The van der Waals surface area contributed by atoms with Crippen molar-refractivity contribution in [1.29, 1.82) is 0 Å². The molecule has 1 saturated heterocycles. The highest BCUT2D eigenvalue weighted by molar-refractivity contribution is 5.77. The SMILES string of the molecule is CC(C)(C)CC(C)(C(=O)OCCOC(=O)C1CCCCC1COC1CCCCO1)C(C)(C)C. The molecule has 33 heavy (non-hydrogen) atoms. The number of hydrogen-bond donors (Lipinski definition) is 0. The van der Waals surface area contributed by atoms with E-state index in [0.717, 1.165) is 58.0 Å². The zero-order valence-electron chi connectivity index (χ0n) is 22.2. The lowest BCUT2D eigenvalue weighted by Gasteiger charge is -2.43. The quantitative estimate of drug-likeness (QED) is 0.309. The van der Waals surface area contributed by atoms with Gasteiger partial charge in [0.25, 0.3) is 0 Å². The summed E-state index contributed by atoms with van der Waals surface area (Å²) in [7, 11) is 0. The molecule has 2 aliphatic rings. The van der Waals surface area contributed by atoms with Gasteiger partial charge in [-0.3, -0.25) is 9.59 Å². The molecule has 2 rings (SSSR count). The van der Waals surface area contributed by atoms with Crippen molar-refractivity contribution < 1.29 is 28.5 Å². The first-order valence-corrected chi connectivity index (χ1v) is 12.9. The first kappa shape index (κ1) is 28.1. The number of hydrogen-bond acceptors (Lipinski definition) is 6. The minimum absolute atomic E-state index is 0.00571. The highest BCUT2D eigenvalue weighted by atomic mass is 16.7. The van der Waals surface area contributed by atoms with Crippen LogP contribution >= 0.6 is 0 Å². The molecule has 1 saturated carbocycles. The monoisotopic (exact) mass is 468 g/mol. The van der Waals surface area contributed by atoms with Crippen molar-refractivity contribution >= 4 is 11.9 Å². The number of esters is 2. The second kappa shape index (κ2) is 12.0. The van der Waals surface area contributed by atoms with Crippen LogP contribution in [0.25, 0.3) is 0 Å². The van der Waals surface area contributed by atoms with Crippen LogP contribution < -0.4 is 0 Å². The zero-order chi connectivity index (χ0) is 24.7. The molecule has 4 unspecified atom stereocenters. The maximum atomic E-state index is 13.0. The molecule has 6 nitrogen and oxygen atoms in total. The summed E-state index contributed by atoms with van der Waals surface area (Å²) in [5.74, 6) is -0.413. The predicted molar refractivity (Wildman–Crippen MR) is 129 cm³/mol. The third-order valence-electron chi connectivity index (χ3n) is 7.40. The summed E-state index contributed by atoms with van der Waals surface area (Å²) in [5.41, 5.74) is -0.873. The minimum Gasteiger partial charge on any atom is -0.462 e. The van der Waals surface area contributed by atoms with Gasteiger partial charge in [-0.1, -0.05) is 54.4 Å². The predicted octanol–water partition coefficient (Wildman–Crippen LogP) is 5.91. The Labute approximate surface area is 201 Å². The van der Waals surface area contributed by atoms with Crippen LogP contribution in [0.5, 0.6) is 0 Å². The van der Waals surface area contributed by atoms with Gasteiger partial charge in [0.2, 0.25) is 0 Å². The van der Waals surface area contributed by atoms with Gasteiger partial charge < -0.3 is 18.9 Å². The highest BCUT2D eigenvalue weighted by Crippen LogP contribution is 2.47. The second-order valence-electron chi connectivity index (χ2n) is 12.4. The Hall–Kier alpha value is -1.14. The van der Waals surface area contributed by atoms with Crippen molar-refractivity contribution in [3.05, 3.63) is 0 Å². The normalized spacial score (nSPS) is 26.3. The minimum atomic E-state index is -0.623. The van der Waals surface area contributed by atoms with Crippen molar-refractivity contribution in [2.45, 2.75) is 106 Å². The average molecular weight is 469 g/mol. The lowest BCUT2D eigenvalue weighted by atomic mass is 9.61. The molecule has 0 bridgehead atoms. The van der Waals surface area contributed by atoms with Crippen molar-refractivity contribution in [2.24, 2.45) is 28.1 Å². The molecule has 0 aromatic heterocycles. The molecule has 2 fully saturated rings. The van der Waals surface area contributed by atoms with E-state index in [1.54, 1.807) is 0 Å². The lowest BCUT2D eigenvalue weighted by molar-refractivity contribution is -0.179. The summed E-state index contributed by atoms with van der Waals surface area (Å²) >= 11 is 0. The molecular formula is C27H48O6. The van der Waals surface area contributed by atoms with E-state index in [-0.39, 0.29) is 54.1 Å². The van der Waals surface area contributed by atoms with Crippen LogP contribution in [-0.4, -0.2) is 44.7 Å². The van der Waals surface area contributed by atoms with Crippen LogP contribution in [0, 0.1) is 28.1 Å². The number of carbonyl (C=O) groups excluding carboxylic acids is 2. The van der Waals surface area contributed by atoms with Gasteiger partial charge in [0.1, 0.15) is 13.2 Å². The van der Waals surface area contributed by atoms with Crippen molar-refractivity contribution in [3.8, 4) is 0 Å². The molecule has 1 aliphatic heterocycles. The van der Waals surface area contributed by atoms with Gasteiger partial charge in [0, 0.05) is 6.61 Å². The summed E-state index contributed by atoms with van der Waals surface area (Å²) in [6.07, 6.45) is 7.66. The lowest BCUT2D eigenvalue weighted by Crippen LogP contribution is -2.44. The highest BCUT2D eigenvalue weighted by Gasteiger charge is 2.47. The molecule has 0 amide bonds. The van der Waals surface area contributed by atoms with Crippen molar-refractivity contribution in [1.82, 2.24) is 0 Å². The van der Waals surface area contributed by atoms with E-state index in [1.165, 1.54) is 0 Å². The van der Waals surface area contributed by atoms with Crippen LogP contribution in [0.1, 0.15) is 99.8 Å².